The van der Waals surface area contributed by atoms with Gasteiger partial charge in [0.05, 0.1) is 11.7 Å². The van der Waals surface area contributed by atoms with Gasteiger partial charge in [-0.05, 0) is 68.5 Å². The highest BCUT2D eigenvalue weighted by Gasteiger charge is 2.26. The third-order valence-electron chi connectivity index (χ3n) is 5.15. The van der Waals surface area contributed by atoms with Crippen LogP contribution in [0.3, 0.4) is 0 Å². The van der Waals surface area contributed by atoms with Crippen molar-refractivity contribution in [2.24, 2.45) is 5.92 Å². The fraction of sp³-hybridized carbons (Fsp3) is 0.478. The van der Waals surface area contributed by atoms with E-state index in [1.54, 1.807) is 0 Å². The second kappa shape index (κ2) is 11.1. The van der Waals surface area contributed by atoms with Gasteiger partial charge in [-0.3, -0.25) is 9.59 Å². The molecule has 2 N–H and O–H groups in total. The van der Waals surface area contributed by atoms with Gasteiger partial charge >= 0.3 is 0 Å². The Balaban J connectivity index is 1.50. The molecular formula is C23H31N5O2S. The van der Waals surface area contributed by atoms with Crippen molar-refractivity contribution >= 4 is 35.1 Å². The Morgan fingerprint density at radius 3 is 2.61 bits per heavy atom. The van der Waals surface area contributed by atoms with Crippen molar-refractivity contribution in [1.29, 1.82) is 0 Å². The van der Waals surface area contributed by atoms with Gasteiger partial charge in [0.15, 0.2) is 5.82 Å². The molecule has 1 aromatic carbocycles. The van der Waals surface area contributed by atoms with Gasteiger partial charge in [-0.1, -0.05) is 24.8 Å². The standard InChI is InChI=1S/C23H31N5O2S/c1-4-9-24-23(30)18-6-5-10-28(14-18)20-7-8-22(27-26-20)31-15-21(29)25-19-12-16(2)11-17(3)13-19/h7-8,11-13,18H,4-6,9-10,14-15H2,1-3H3,(H,24,30)(H,25,29). The first-order valence-electron chi connectivity index (χ1n) is 10.8. The van der Waals surface area contributed by atoms with Crippen molar-refractivity contribution in [3.8, 4) is 0 Å². The van der Waals surface area contributed by atoms with Gasteiger partial charge in [-0.2, -0.15) is 0 Å². The number of carbonyl (C=O) groups excluding carboxylic acids is 2. The van der Waals surface area contributed by atoms with Gasteiger partial charge in [-0.25, -0.2) is 0 Å². The number of hydrogen-bond acceptors (Lipinski definition) is 6. The molecule has 1 aromatic heterocycles. The van der Waals surface area contributed by atoms with Crippen molar-refractivity contribution in [2.45, 2.75) is 45.1 Å². The summed E-state index contributed by atoms with van der Waals surface area (Å²) in [6, 6.07) is 9.79. The maximum atomic E-state index is 12.3. The Morgan fingerprint density at radius 1 is 1.16 bits per heavy atom. The number of anilines is 2. The quantitative estimate of drug-likeness (QED) is 0.609. The van der Waals surface area contributed by atoms with Crippen LogP contribution in [0.1, 0.15) is 37.3 Å². The first kappa shape index (κ1) is 23.1. The smallest absolute Gasteiger partial charge is 0.234 e. The number of aryl methyl sites for hydroxylation is 2. The molecule has 166 valence electrons. The number of piperidine rings is 1. The molecule has 1 fully saturated rings. The topological polar surface area (TPSA) is 87.2 Å². The van der Waals surface area contributed by atoms with E-state index < -0.39 is 0 Å². The van der Waals surface area contributed by atoms with Crippen molar-refractivity contribution in [3.05, 3.63) is 41.5 Å². The summed E-state index contributed by atoms with van der Waals surface area (Å²) >= 11 is 1.36. The molecule has 2 amide bonds. The highest BCUT2D eigenvalue weighted by Crippen LogP contribution is 2.23. The molecule has 3 rings (SSSR count). The highest BCUT2D eigenvalue weighted by atomic mass is 32.2. The molecule has 8 heteroatoms. The molecule has 1 unspecified atom stereocenters. The molecule has 7 nitrogen and oxygen atoms in total. The zero-order valence-electron chi connectivity index (χ0n) is 18.5. The lowest BCUT2D eigenvalue weighted by Crippen LogP contribution is -2.43. The minimum absolute atomic E-state index is 0.00916. The number of thioether (sulfide) groups is 1. The average molecular weight is 442 g/mol. The number of rotatable bonds is 8. The minimum Gasteiger partial charge on any atom is -0.356 e. The van der Waals surface area contributed by atoms with Crippen molar-refractivity contribution < 1.29 is 9.59 Å². The number of hydrogen-bond donors (Lipinski definition) is 2. The molecule has 31 heavy (non-hydrogen) atoms. The zero-order chi connectivity index (χ0) is 22.2. The Hall–Kier alpha value is -2.61. The zero-order valence-corrected chi connectivity index (χ0v) is 19.3. The number of benzene rings is 1. The van der Waals surface area contributed by atoms with Gasteiger partial charge in [0.25, 0.3) is 0 Å². The summed E-state index contributed by atoms with van der Waals surface area (Å²) in [5.74, 6) is 1.09. The Morgan fingerprint density at radius 2 is 1.94 bits per heavy atom. The number of carbonyl (C=O) groups is 2. The lowest BCUT2D eigenvalue weighted by Gasteiger charge is -2.32. The Kier molecular flexibility index (Phi) is 8.28. The molecule has 1 aliphatic rings. The second-order valence-corrected chi connectivity index (χ2v) is 9.01. The van der Waals surface area contributed by atoms with E-state index in [2.05, 4.69) is 38.7 Å². The van der Waals surface area contributed by atoms with Gasteiger partial charge in [-0.15, -0.1) is 10.2 Å². The summed E-state index contributed by atoms with van der Waals surface area (Å²) in [5.41, 5.74) is 3.05. The molecular weight excluding hydrogens is 410 g/mol. The third-order valence-corrected chi connectivity index (χ3v) is 6.07. The van der Waals surface area contributed by atoms with E-state index >= 15 is 0 Å². The third kappa shape index (κ3) is 6.95. The van der Waals surface area contributed by atoms with E-state index in [1.165, 1.54) is 11.8 Å². The van der Waals surface area contributed by atoms with Crippen LogP contribution in [0.2, 0.25) is 0 Å². The molecule has 1 atom stereocenters. The monoisotopic (exact) mass is 441 g/mol. The van der Waals surface area contributed by atoms with Crippen LogP contribution in [0.15, 0.2) is 35.4 Å². The van der Waals surface area contributed by atoms with Crippen LogP contribution in [0.25, 0.3) is 0 Å². The van der Waals surface area contributed by atoms with Gasteiger partial charge in [0.2, 0.25) is 11.8 Å². The van der Waals surface area contributed by atoms with Gasteiger partial charge < -0.3 is 15.5 Å². The van der Waals surface area contributed by atoms with E-state index in [0.29, 0.717) is 11.6 Å². The Labute approximate surface area is 188 Å². The number of nitrogens with zero attached hydrogens (tertiary/aromatic N) is 3. The summed E-state index contributed by atoms with van der Waals surface area (Å²) in [4.78, 5) is 26.7. The first-order chi connectivity index (χ1) is 14.9. The van der Waals surface area contributed by atoms with Crippen molar-refractivity contribution in [3.63, 3.8) is 0 Å². The predicted octanol–water partition coefficient (Wildman–Crippen LogP) is 3.57. The fourth-order valence-electron chi connectivity index (χ4n) is 3.73. The van der Waals surface area contributed by atoms with E-state index in [1.807, 2.05) is 38.1 Å². The minimum atomic E-state index is -0.0714. The van der Waals surface area contributed by atoms with Crippen LogP contribution in [-0.2, 0) is 9.59 Å². The molecule has 0 bridgehead atoms. The summed E-state index contributed by atoms with van der Waals surface area (Å²) < 4.78 is 0. The number of nitrogens with one attached hydrogen (secondary N) is 2. The number of amides is 2. The fourth-order valence-corrected chi connectivity index (χ4v) is 4.35. The lowest BCUT2D eigenvalue weighted by atomic mass is 9.97. The SMILES string of the molecule is CCCNC(=O)C1CCCN(c2ccc(SCC(=O)Nc3cc(C)cc(C)c3)nn2)C1. The summed E-state index contributed by atoms with van der Waals surface area (Å²) in [6.07, 6.45) is 2.80. The maximum Gasteiger partial charge on any atom is 0.234 e. The van der Waals surface area contributed by atoms with Crippen LogP contribution in [0.5, 0.6) is 0 Å². The predicted molar refractivity (Wildman–Crippen MR) is 126 cm³/mol. The van der Waals surface area contributed by atoms with Crippen molar-refractivity contribution in [2.75, 3.05) is 35.6 Å². The van der Waals surface area contributed by atoms with Gasteiger partial charge in [0.1, 0.15) is 5.03 Å². The molecule has 1 aliphatic heterocycles. The average Bonchev–Trinajstić information content (AvgIpc) is 2.76. The first-order valence-corrected chi connectivity index (χ1v) is 11.8. The normalized spacial score (nSPS) is 16.1. The summed E-state index contributed by atoms with van der Waals surface area (Å²) in [7, 11) is 0. The van der Waals surface area contributed by atoms with Gasteiger partial charge in [0, 0.05) is 25.3 Å². The largest absolute Gasteiger partial charge is 0.356 e. The van der Waals surface area contributed by atoms with Crippen LogP contribution in [-0.4, -0.2) is 47.4 Å². The maximum absolute atomic E-state index is 12.3. The lowest BCUT2D eigenvalue weighted by molar-refractivity contribution is -0.125. The van der Waals surface area contributed by atoms with E-state index in [4.69, 9.17) is 0 Å². The molecule has 2 aromatic rings. The molecule has 2 heterocycles. The van der Waals surface area contributed by atoms with E-state index in [9.17, 15) is 9.59 Å². The molecule has 1 saturated heterocycles. The highest BCUT2D eigenvalue weighted by molar-refractivity contribution is 7.99. The Bertz CT molecular complexity index is 883. The molecule has 0 radical (unpaired) electrons. The summed E-state index contributed by atoms with van der Waals surface area (Å²) in [6.45, 7) is 8.33. The molecule has 0 aliphatic carbocycles. The molecule has 0 saturated carbocycles. The number of aromatic nitrogens is 2. The molecule has 0 spiro atoms. The van der Waals surface area contributed by atoms with Crippen LogP contribution >= 0.6 is 11.8 Å². The summed E-state index contributed by atoms with van der Waals surface area (Å²) in [5, 5.41) is 15.2. The van der Waals surface area contributed by atoms with E-state index in [0.717, 1.165) is 55.0 Å². The second-order valence-electron chi connectivity index (χ2n) is 8.02. The van der Waals surface area contributed by atoms with Crippen LogP contribution in [0, 0.1) is 19.8 Å². The van der Waals surface area contributed by atoms with Crippen LogP contribution < -0.4 is 15.5 Å². The van der Waals surface area contributed by atoms with E-state index in [-0.39, 0.29) is 23.5 Å². The van der Waals surface area contributed by atoms with Crippen molar-refractivity contribution in [1.82, 2.24) is 15.5 Å². The van der Waals surface area contributed by atoms with Crippen LogP contribution in [0.4, 0.5) is 11.5 Å².